The molecule has 1 amide bonds. The van der Waals surface area contributed by atoms with Crippen molar-refractivity contribution in [1.29, 1.82) is 0 Å². The number of benzene rings is 1. The summed E-state index contributed by atoms with van der Waals surface area (Å²) >= 11 is 0. The summed E-state index contributed by atoms with van der Waals surface area (Å²) in [7, 11) is 1.56. The molecule has 1 aromatic rings. The van der Waals surface area contributed by atoms with Crippen LogP contribution in [0.2, 0.25) is 0 Å². The number of amides is 1. The molecule has 138 valence electrons. The van der Waals surface area contributed by atoms with E-state index in [1.165, 1.54) is 0 Å². The maximum atomic E-state index is 10.9. The lowest BCUT2D eigenvalue weighted by Gasteiger charge is -2.43. The predicted octanol–water partition coefficient (Wildman–Crippen LogP) is 0.675. The highest BCUT2D eigenvalue weighted by Gasteiger charge is 2.45. The Morgan fingerprint density at radius 1 is 1.48 bits per heavy atom. The maximum absolute atomic E-state index is 10.9. The monoisotopic (exact) mass is 350 g/mol. The molecule has 7 nitrogen and oxygen atoms in total. The second-order valence-electron chi connectivity index (χ2n) is 6.77. The molecule has 3 N–H and O–H groups in total. The largest absolute Gasteiger partial charge is 0.493 e. The van der Waals surface area contributed by atoms with E-state index >= 15 is 0 Å². The van der Waals surface area contributed by atoms with E-state index in [0.29, 0.717) is 11.5 Å². The molecule has 0 bridgehead atoms. The Morgan fingerprint density at radius 2 is 2.32 bits per heavy atom. The van der Waals surface area contributed by atoms with Crippen LogP contribution in [0.15, 0.2) is 18.2 Å². The van der Waals surface area contributed by atoms with Crippen molar-refractivity contribution in [3.05, 3.63) is 23.8 Å². The summed E-state index contributed by atoms with van der Waals surface area (Å²) in [4.78, 5) is 13.2. The summed E-state index contributed by atoms with van der Waals surface area (Å²) < 4.78 is 16.6. The highest BCUT2D eigenvalue weighted by atomic mass is 16.5. The minimum absolute atomic E-state index is 0.181. The Balaban J connectivity index is 1.67. The Hall–Kier alpha value is -1.83. The molecule has 2 saturated heterocycles. The summed E-state index contributed by atoms with van der Waals surface area (Å²) in [6.07, 6.45) is 2.25. The highest BCUT2D eigenvalue weighted by Crippen LogP contribution is 2.36. The number of carbonyl (C=O) groups is 1. The van der Waals surface area contributed by atoms with E-state index in [1.54, 1.807) is 13.2 Å². The van der Waals surface area contributed by atoms with Crippen LogP contribution in [0.25, 0.3) is 0 Å². The van der Waals surface area contributed by atoms with Crippen molar-refractivity contribution in [3.8, 4) is 11.5 Å². The summed E-state index contributed by atoms with van der Waals surface area (Å²) in [5, 5.41) is 10.3. The minimum Gasteiger partial charge on any atom is -0.493 e. The molecule has 25 heavy (non-hydrogen) atoms. The zero-order valence-corrected chi connectivity index (χ0v) is 14.6. The van der Waals surface area contributed by atoms with Crippen LogP contribution in [0.4, 0.5) is 0 Å². The third-order valence-electron chi connectivity index (χ3n) is 4.96. The summed E-state index contributed by atoms with van der Waals surface area (Å²) in [5.74, 6) is 0.539. The number of carbonyl (C=O) groups excluding carboxylic acids is 1. The molecule has 0 aromatic heterocycles. The first-order valence-electron chi connectivity index (χ1n) is 8.65. The van der Waals surface area contributed by atoms with Gasteiger partial charge < -0.3 is 25.1 Å². The number of hydrogen-bond donors (Lipinski definition) is 2. The molecule has 1 aromatic carbocycles. The van der Waals surface area contributed by atoms with Gasteiger partial charge in [0.15, 0.2) is 18.1 Å². The molecule has 2 heterocycles. The van der Waals surface area contributed by atoms with E-state index in [-0.39, 0.29) is 12.7 Å². The lowest BCUT2D eigenvalue weighted by atomic mass is 9.87. The zero-order valence-electron chi connectivity index (χ0n) is 14.6. The molecule has 2 aliphatic rings. The lowest BCUT2D eigenvalue weighted by Crippen LogP contribution is -2.56. The molecule has 2 fully saturated rings. The van der Waals surface area contributed by atoms with Crippen molar-refractivity contribution < 1.29 is 24.1 Å². The van der Waals surface area contributed by atoms with Crippen molar-refractivity contribution in [3.63, 3.8) is 0 Å². The minimum atomic E-state index is -0.528. The quantitative estimate of drug-likeness (QED) is 0.783. The lowest BCUT2D eigenvalue weighted by molar-refractivity contribution is -0.132. The van der Waals surface area contributed by atoms with Gasteiger partial charge in [-0.3, -0.25) is 9.69 Å². The smallest absolute Gasteiger partial charge is 0.255 e. The number of ether oxygens (including phenoxy) is 3. The number of methoxy groups -OCH3 is 1. The number of rotatable bonds is 6. The molecular weight excluding hydrogens is 324 g/mol. The van der Waals surface area contributed by atoms with Crippen LogP contribution in [-0.2, 0) is 16.1 Å². The van der Waals surface area contributed by atoms with Crippen LogP contribution in [-0.4, -0.2) is 61.0 Å². The molecule has 2 aliphatic heterocycles. The predicted molar refractivity (Wildman–Crippen MR) is 91.5 cm³/mol. The first kappa shape index (κ1) is 18.0. The third kappa shape index (κ3) is 4.05. The molecular formula is C18H26N2O5. The average Bonchev–Trinajstić information content (AvgIpc) is 3.06. The molecule has 3 rings (SSSR count). The van der Waals surface area contributed by atoms with Crippen molar-refractivity contribution in [2.45, 2.75) is 37.5 Å². The van der Waals surface area contributed by atoms with Gasteiger partial charge in [0.25, 0.3) is 5.91 Å². The van der Waals surface area contributed by atoms with Gasteiger partial charge in [0, 0.05) is 26.2 Å². The molecule has 1 spiro atoms. The van der Waals surface area contributed by atoms with Crippen molar-refractivity contribution in [2.75, 3.05) is 33.4 Å². The van der Waals surface area contributed by atoms with Gasteiger partial charge in [-0.15, -0.1) is 0 Å². The van der Waals surface area contributed by atoms with Gasteiger partial charge >= 0.3 is 0 Å². The van der Waals surface area contributed by atoms with E-state index in [0.717, 1.165) is 51.1 Å². The van der Waals surface area contributed by atoms with E-state index in [1.807, 2.05) is 12.1 Å². The van der Waals surface area contributed by atoms with Gasteiger partial charge in [0.05, 0.1) is 13.2 Å². The van der Waals surface area contributed by atoms with Gasteiger partial charge in [0.1, 0.15) is 5.60 Å². The van der Waals surface area contributed by atoms with E-state index < -0.39 is 11.5 Å². The first-order chi connectivity index (χ1) is 12.0. The number of aliphatic hydroxyl groups excluding tert-OH is 1. The number of nitrogens with two attached hydrogens (primary N) is 1. The van der Waals surface area contributed by atoms with Crippen LogP contribution in [0.1, 0.15) is 24.8 Å². The fraction of sp³-hybridized carbons (Fsp3) is 0.611. The molecule has 0 saturated carbocycles. The van der Waals surface area contributed by atoms with Crippen LogP contribution >= 0.6 is 0 Å². The Kier molecular flexibility index (Phi) is 5.46. The molecule has 0 radical (unpaired) electrons. The molecule has 0 aliphatic carbocycles. The fourth-order valence-corrected chi connectivity index (χ4v) is 3.71. The van der Waals surface area contributed by atoms with E-state index in [2.05, 4.69) is 4.90 Å². The number of nitrogens with zero attached hydrogens (tertiary/aromatic N) is 1. The molecule has 7 heteroatoms. The van der Waals surface area contributed by atoms with Crippen LogP contribution in [0.5, 0.6) is 11.5 Å². The van der Waals surface area contributed by atoms with Gasteiger partial charge in [-0.05, 0) is 37.0 Å². The van der Waals surface area contributed by atoms with Gasteiger partial charge in [0.2, 0.25) is 0 Å². The second-order valence-corrected chi connectivity index (χ2v) is 6.77. The van der Waals surface area contributed by atoms with E-state index in [4.69, 9.17) is 19.9 Å². The van der Waals surface area contributed by atoms with Gasteiger partial charge in [-0.1, -0.05) is 6.07 Å². The standard InChI is InChI=1S/C18H26N2O5/c1-23-15-9-13(3-4-14(15)24-11-17(19)22)10-20-7-5-16(21)18(12-20)6-2-8-25-18/h3-4,9,16,21H,2,5-8,10-12H2,1H3,(H2,19,22)/t16-,18-/m0/s1. The van der Waals surface area contributed by atoms with Gasteiger partial charge in [-0.2, -0.15) is 0 Å². The maximum Gasteiger partial charge on any atom is 0.255 e. The van der Waals surface area contributed by atoms with Crippen LogP contribution in [0.3, 0.4) is 0 Å². The number of likely N-dealkylation sites (tertiary alicyclic amines) is 1. The zero-order chi connectivity index (χ0) is 17.9. The topological polar surface area (TPSA) is 94.2 Å². The molecule has 2 atom stereocenters. The summed E-state index contributed by atoms with van der Waals surface area (Å²) in [6.45, 7) is 2.85. The van der Waals surface area contributed by atoms with Crippen molar-refractivity contribution in [2.24, 2.45) is 5.73 Å². The Bertz CT molecular complexity index is 615. The summed E-state index contributed by atoms with van der Waals surface area (Å²) in [6, 6.07) is 5.65. The number of primary amides is 1. The third-order valence-corrected chi connectivity index (χ3v) is 4.96. The average molecular weight is 350 g/mol. The van der Waals surface area contributed by atoms with Gasteiger partial charge in [-0.25, -0.2) is 0 Å². The normalized spacial score (nSPS) is 26.7. The molecule has 0 unspecified atom stereocenters. The van der Waals surface area contributed by atoms with Crippen LogP contribution in [0, 0.1) is 0 Å². The highest BCUT2D eigenvalue weighted by molar-refractivity contribution is 5.75. The summed E-state index contributed by atoms with van der Waals surface area (Å²) in [5.41, 5.74) is 5.78. The number of piperidine rings is 1. The Labute approximate surface area is 147 Å². The second kappa shape index (κ2) is 7.59. The Morgan fingerprint density at radius 3 is 3.00 bits per heavy atom. The van der Waals surface area contributed by atoms with E-state index in [9.17, 15) is 9.90 Å². The van der Waals surface area contributed by atoms with Crippen LogP contribution < -0.4 is 15.2 Å². The van der Waals surface area contributed by atoms with Crippen molar-refractivity contribution in [1.82, 2.24) is 4.90 Å². The fourth-order valence-electron chi connectivity index (χ4n) is 3.71. The number of aliphatic hydroxyl groups is 1. The van der Waals surface area contributed by atoms with Crippen molar-refractivity contribution >= 4 is 5.91 Å². The number of hydrogen-bond acceptors (Lipinski definition) is 6. The SMILES string of the molecule is COc1cc(CN2CC[C@H](O)[C@]3(CCCO3)C2)ccc1OCC(N)=O. The first-order valence-corrected chi connectivity index (χ1v) is 8.65.